The summed E-state index contributed by atoms with van der Waals surface area (Å²) in [6.07, 6.45) is 0. The van der Waals surface area contributed by atoms with Gasteiger partial charge in [-0.3, -0.25) is 4.68 Å². The maximum atomic E-state index is 13.6. The van der Waals surface area contributed by atoms with Crippen LogP contribution in [0.2, 0.25) is 0 Å². The van der Waals surface area contributed by atoms with E-state index in [4.69, 9.17) is 19.7 Å². The molecule has 4 rings (SSSR count). The molecule has 3 aromatic carbocycles. The molecule has 0 fully saturated rings. The number of benzene rings is 3. The normalized spacial score (nSPS) is 10.8. The molecule has 0 unspecified atom stereocenters. The summed E-state index contributed by atoms with van der Waals surface area (Å²) < 4.78 is 26.4. The van der Waals surface area contributed by atoms with Crippen molar-refractivity contribution in [1.29, 1.82) is 0 Å². The summed E-state index contributed by atoms with van der Waals surface area (Å²) in [6, 6.07) is 21.3. The Labute approximate surface area is 190 Å². The lowest BCUT2D eigenvalue weighted by atomic mass is 10.1. The van der Waals surface area contributed by atoms with Gasteiger partial charge in [0.2, 0.25) is 0 Å². The summed E-state index contributed by atoms with van der Waals surface area (Å²) in [5, 5.41) is 13.9. The third-order valence-corrected chi connectivity index (χ3v) is 5.19. The molecular weight excluding hydrogens is 423 g/mol. The molecule has 1 heterocycles. The van der Waals surface area contributed by atoms with Crippen molar-refractivity contribution < 1.29 is 23.8 Å². The molecule has 0 spiro atoms. The first-order chi connectivity index (χ1) is 15.9. The van der Waals surface area contributed by atoms with Crippen molar-refractivity contribution in [3.8, 4) is 34.0 Å². The molecule has 7 heteroatoms. The maximum Gasteiger partial charge on any atom is 0.341 e. The van der Waals surface area contributed by atoms with Gasteiger partial charge in [-0.15, -0.1) is 0 Å². The zero-order valence-corrected chi connectivity index (χ0v) is 18.3. The predicted molar refractivity (Wildman–Crippen MR) is 123 cm³/mol. The Bertz CT molecular complexity index is 1280. The van der Waals surface area contributed by atoms with E-state index in [0.717, 1.165) is 28.1 Å². The third kappa shape index (κ3) is 5.03. The molecule has 33 heavy (non-hydrogen) atoms. The highest BCUT2D eigenvalue weighted by Crippen LogP contribution is 2.34. The zero-order chi connectivity index (χ0) is 23.4. The van der Waals surface area contributed by atoms with Gasteiger partial charge in [-0.05, 0) is 55.5 Å². The molecule has 1 aromatic heterocycles. The third-order valence-electron chi connectivity index (χ3n) is 5.19. The fraction of sp³-hybridized carbons (Fsp3) is 0.154. The number of carboxylic acids is 1. The van der Waals surface area contributed by atoms with E-state index in [9.17, 15) is 9.18 Å². The number of hydrogen-bond acceptors (Lipinski definition) is 4. The standard InChI is InChI=1S/C26H23FN2O4/c1-17-7-12-25(33-16-26(30)31)21(13-17)22-14-23(18-8-10-20(27)11-9-18)29(28-22)15-19-5-3-4-6-24(19)32-2/h3-14H,15-16H2,1-2H3,(H,30,31). The minimum Gasteiger partial charge on any atom is -0.496 e. The summed E-state index contributed by atoms with van der Waals surface area (Å²) in [4.78, 5) is 11.0. The number of ether oxygens (including phenoxy) is 2. The smallest absolute Gasteiger partial charge is 0.341 e. The molecule has 0 aliphatic rings. The number of aliphatic carboxylic acids is 1. The molecule has 0 saturated heterocycles. The van der Waals surface area contributed by atoms with Crippen molar-refractivity contribution in [1.82, 2.24) is 9.78 Å². The quantitative estimate of drug-likeness (QED) is 0.404. The highest BCUT2D eigenvalue weighted by atomic mass is 19.1. The van der Waals surface area contributed by atoms with E-state index in [1.54, 1.807) is 25.3 Å². The molecule has 168 valence electrons. The molecule has 0 bridgehead atoms. The van der Waals surface area contributed by atoms with Crippen LogP contribution in [0.25, 0.3) is 22.5 Å². The van der Waals surface area contributed by atoms with Crippen LogP contribution >= 0.6 is 0 Å². The number of halogens is 1. The minimum atomic E-state index is -1.06. The van der Waals surface area contributed by atoms with Gasteiger partial charge in [0.1, 0.15) is 17.3 Å². The molecule has 0 aliphatic carbocycles. The van der Waals surface area contributed by atoms with E-state index < -0.39 is 12.6 Å². The van der Waals surface area contributed by atoms with Gasteiger partial charge in [0.25, 0.3) is 0 Å². The van der Waals surface area contributed by atoms with Gasteiger partial charge in [0.05, 0.1) is 25.0 Å². The van der Waals surface area contributed by atoms with E-state index in [1.807, 2.05) is 54.1 Å². The Hall–Kier alpha value is -4.13. The first kappa shape index (κ1) is 22.1. The number of carbonyl (C=O) groups is 1. The van der Waals surface area contributed by atoms with Crippen molar-refractivity contribution in [2.45, 2.75) is 13.5 Å². The number of aryl methyl sites for hydroxylation is 1. The summed E-state index contributed by atoms with van der Waals surface area (Å²) in [7, 11) is 1.62. The highest BCUT2D eigenvalue weighted by molar-refractivity contribution is 5.74. The molecule has 0 atom stereocenters. The van der Waals surface area contributed by atoms with Crippen molar-refractivity contribution in [2.24, 2.45) is 0 Å². The molecule has 0 radical (unpaired) electrons. The zero-order valence-electron chi connectivity index (χ0n) is 18.3. The lowest BCUT2D eigenvalue weighted by Crippen LogP contribution is -2.10. The Kier molecular flexibility index (Phi) is 6.40. The molecule has 0 aliphatic heterocycles. The number of para-hydroxylation sites is 1. The number of methoxy groups -OCH3 is 1. The van der Waals surface area contributed by atoms with Gasteiger partial charge in [0.15, 0.2) is 6.61 Å². The average Bonchev–Trinajstić information content (AvgIpc) is 3.22. The van der Waals surface area contributed by atoms with Gasteiger partial charge in [0, 0.05) is 16.7 Å². The number of rotatable bonds is 8. The van der Waals surface area contributed by atoms with Crippen LogP contribution < -0.4 is 9.47 Å². The molecule has 0 amide bonds. The first-order valence-electron chi connectivity index (χ1n) is 10.4. The predicted octanol–water partition coefficient (Wildman–Crippen LogP) is 5.18. The van der Waals surface area contributed by atoms with Crippen LogP contribution in [-0.4, -0.2) is 34.6 Å². The van der Waals surface area contributed by atoms with Gasteiger partial charge < -0.3 is 14.6 Å². The topological polar surface area (TPSA) is 73.6 Å². The molecule has 1 N–H and O–H groups in total. The van der Waals surface area contributed by atoms with Crippen molar-refractivity contribution in [3.63, 3.8) is 0 Å². The van der Waals surface area contributed by atoms with Crippen molar-refractivity contribution >= 4 is 5.97 Å². The number of aromatic nitrogens is 2. The Balaban J connectivity index is 1.83. The number of nitrogens with zero attached hydrogens (tertiary/aromatic N) is 2. The highest BCUT2D eigenvalue weighted by Gasteiger charge is 2.17. The fourth-order valence-electron chi connectivity index (χ4n) is 3.63. The summed E-state index contributed by atoms with van der Waals surface area (Å²) in [5.41, 5.74) is 4.79. The van der Waals surface area contributed by atoms with E-state index in [0.29, 0.717) is 23.6 Å². The average molecular weight is 446 g/mol. The SMILES string of the molecule is COc1ccccc1Cn1nc(-c2cc(C)ccc2OCC(=O)O)cc1-c1ccc(F)cc1. The lowest BCUT2D eigenvalue weighted by Gasteiger charge is -2.11. The second-order valence-electron chi connectivity index (χ2n) is 7.57. The number of carboxylic acid groups (broad SMARTS) is 1. The molecular formula is C26H23FN2O4. The first-order valence-corrected chi connectivity index (χ1v) is 10.4. The Morgan fingerprint density at radius 2 is 1.79 bits per heavy atom. The summed E-state index contributed by atoms with van der Waals surface area (Å²) in [5.74, 6) is -0.218. The molecule has 0 saturated carbocycles. The summed E-state index contributed by atoms with van der Waals surface area (Å²) in [6.45, 7) is 1.91. The van der Waals surface area contributed by atoms with Crippen molar-refractivity contribution in [2.75, 3.05) is 13.7 Å². The van der Waals surface area contributed by atoms with Crippen LogP contribution in [0.15, 0.2) is 72.8 Å². The molecule has 6 nitrogen and oxygen atoms in total. The van der Waals surface area contributed by atoms with Crippen LogP contribution in [0, 0.1) is 12.7 Å². The Morgan fingerprint density at radius 3 is 2.52 bits per heavy atom. The number of hydrogen-bond donors (Lipinski definition) is 1. The fourth-order valence-corrected chi connectivity index (χ4v) is 3.63. The van der Waals surface area contributed by atoms with E-state index in [2.05, 4.69) is 0 Å². The monoisotopic (exact) mass is 446 g/mol. The van der Waals surface area contributed by atoms with Crippen LogP contribution in [-0.2, 0) is 11.3 Å². The van der Waals surface area contributed by atoms with Gasteiger partial charge in [-0.25, -0.2) is 9.18 Å². The second kappa shape index (κ2) is 9.56. The summed E-state index contributed by atoms with van der Waals surface area (Å²) >= 11 is 0. The van der Waals surface area contributed by atoms with Crippen LogP contribution in [0.1, 0.15) is 11.1 Å². The van der Waals surface area contributed by atoms with Crippen molar-refractivity contribution in [3.05, 3.63) is 89.7 Å². The van der Waals surface area contributed by atoms with E-state index >= 15 is 0 Å². The van der Waals surface area contributed by atoms with Crippen LogP contribution in [0.5, 0.6) is 11.5 Å². The second-order valence-corrected chi connectivity index (χ2v) is 7.57. The van der Waals surface area contributed by atoms with Gasteiger partial charge in [-0.2, -0.15) is 5.10 Å². The van der Waals surface area contributed by atoms with Gasteiger partial charge in [-0.1, -0.05) is 29.8 Å². The van der Waals surface area contributed by atoms with Crippen LogP contribution in [0.4, 0.5) is 4.39 Å². The van der Waals surface area contributed by atoms with Gasteiger partial charge >= 0.3 is 5.97 Å². The molecule has 4 aromatic rings. The van der Waals surface area contributed by atoms with E-state index in [-0.39, 0.29) is 5.82 Å². The Morgan fingerprint density at radius 1 is 1.03 bits per heavy atom. The lowest BCUT2D eigenvalue weighted by molar-refractivity contribution is -0.139. The van der Waals surface area contributed by atoms with E-state index in [1.165, 1.54) is 12.1 Å². The minimum absolute atomic E-state index is 0.321. The van der Waals surface area contributed by atoms with Crippen LogP contribution in [0.3, 0.4) is 0 Å². The largest absolute Gasteiger partial charge is 0.496 e. The maximum absolute atomic E-state index is 13.6.